The van der Waals surface area contributed by atoms with E-state index in [4.69, 9.17) is 0 Å². The Balaban J connectivity index is 1.73. The zero-order valence-electron chi connectivity index (χ0n) is 10.2. The molecule has 1 N–H and O–H groups in total. The van der Waals surface area contributed by atoms with E-state index in [1.54, 1.807) is 23.5 Å². The Kier molecular flexibility index (Phi) is 3.66. The van der Waals surface area contributed by atoms with Crippen LogP contribution in [0.25, 0.3) is 6.08 Å². The maximum Gasteiger partial charge on any atom is 0.286 e. The molecule has 0 aliphatic carbocycles. The molecule has 2 aromatic rings. The SMILES string of the molecule is O=C1N=C(Nc2ccc(F)cc2)S/C1=C\c1cccs1. The highest BCUT2D eigenvalue weighted by Crippen LogP contribution is 2.30. The van der Waals surface area contributed by atoms with Crippen molar-refractivity contribution in [3.05, 3.63) is 57.4 Å². The van der Waals surface area contributed by atoms with Crippen molar-refractivity contribution in [2.45, 2.75) is 0 Å². The lowest BCUT2D eigenvalue weighted by atomic mass is 10.3. The molecule has 1 aliphatic heterocycles. The van der Waals surface area contributed by atoms with Crippen LogP contribution in [0.5, 0.6) is 0 Å². The molecule has 0 saturated heterocycles. The zero-order valence-corrected chi connectivity index (χ0v) is 11.8. The van der Waals surface area contributed by atoms with Gasteiger partial charge in [0.25, 0.3) is 5.91 Å². The van der Waals surface area contributed by atoms with Gasteiger partial charge in [-0.2, -0.15) is 4.99 Å². The lowest BCUT2D eigenvalue weighted by Gasteiger charge is -2.03. The summed E-state index contributed by atoms with van der Waals surface area (Å²) in [6.07, 6.45) is 1.82. The molecule has 3 rings (SSSR count). The number of benzene rings is 1. The van der Waals surface area contributed by atoms with Crippen LogP contribution < -0.4 is 5.32 Å². The molecule has 0 saturated carbocycles. The molecule has 0 unspecified atom stereocenters. The minimum absolute atomic E-state index is 0.256. The Morgan fingerprint density at radius 2 is 2.00 bits per heavy atom. The summed E-state index contributed by atoms with van der Waals surface area (Å²) < 4.78 is 12.8. The molecule has 1 aliphatic rings. The van der Waals surface area contributed by atoms with E-state index in [0.29, 0.717) is 15.8 Å². The van der Waals surface area contributed by atoms with Crippen LogP contribution in [0.3, 0.4) is 0 Å². The largest absolute Gasteiger partial charge is 0.334 e. The van der Waals surface area contributed by atoms with Gasteiger partial charge in [0, 0.05) is 10.6 Å². The summed E-state index contributed by atoms with van der Waals surface area (Å²) in [6.45, 7) is 0. The van der Waals surface area contributed by atoms with Gasteiger partial charge in [0.2, 0.25) is 0 Å². The van der Waals surface area contributed by atoms with E-state index in [2.05, 4.69) is 10.3 Å². The number of nitrogens with one attached hydrogen (secondary N) is 1. The van der Waals surface area contributed by atoms with Crippen molar-refractivity contribution in [1.82, 2.24) is 0 Å². The van der Waals surface area contributed by atoms with E-state index in [9.17, 15) is 9.18 Å². The third-order valence-electron chi connectivity index (χ3n) is 2.53. The van der Waals surface area contributed by atoms with Gasteiger partial charge in [-0.1, -0.05) is 6.07 Å². The Labute approximate surface area is 123 Å². The number of amidine groups is 1. The molecular formula is C14H9FN2OS2. The maximum absolute atomic E-state index is 12.8. The number of hydrogen-bond donors (Lipinski definition) is 1. The summed E-state index contributed by atoms with van der Waals surface area (Å²) >= 11 is 2.84. The Morgan fingerprint density at radius 1 is 1.20 bits per heavy atom. The van der Waals surface area contributed by atoms with Crippen molar-refractivity contribution in [2.75, 3.05) is 5.32 Å². The highest BCUT2D eigenvalue weighted by molar-refractivity contribution is 8.18. The molecule has 6 heteroatoms. The number of carbonyl (C=O) groups is 1. The van der Waals surface area contributed by atoms with Crippen LogP contribution in [0.1, 0.15) is 4.88 Å². The van der Waals surface area contributed by atoms with E-state index < -0.39 is 0 Å². The zero-order chi connectivity index (χ0) is 13.9. The third kappa shape index (κ3) is 2.97. The third-order valence-corrected chi connectivity index (χ3v) is 4.25. The topological polar surface area (TPSA) is 41.5 Å². The molecule has 0 radical (unpaired) electrons. The van der Waals surface area contributed by atoms with Crippen LogP contribution in [0, 0.1) is 5.82 Å². The Hall–Kier alpha value is -1.92. The van der Waals surface area contributed by atoms with Crippen LogP contribution >= 0.6 is 23.1 Å². The molecule has 1 amide bonds. The van der Waals surface area contributed by atoms with E-state index in [1.807, 2.05) is 23.6 Å². The first-order valence-electron chi connectivity index (χ1n) is 5.79. The molecule has 1 aromatic heterocycles. The van der Waals surface area contributed by atoms with Gasteiger partial charge in [-0.15, -0.1) is 11.3 Å². The second-order valence-electron chi connectivity index (χ2n) is 3.98. The highest BCUT2D eigenvalue weighted by Gasteiger charge is 2.22. The predicted molar refractivity (Wildman–Crippen MR) is 82.4 cm³/mol. The maximum atomic E-state index is 12.8. The quantitative estimate of drug-likeness (QED) is 0.854. The average molecular weight is 304 g/mol. The van der Waals surface area contributed by atoms with Gasteiger partial charge in [0.1, 0.15) is 5.82 Å². The number of hydrogen-bond acceptors (Lipinski definition) is 4. The monoisotopic (exact) mass is 304 g/mol. The number of amides is 1. The van der Waals surface area contributed by atoms with Gasteiger partial charge in [0.05, 0.1) is 4.91 Å². The number of anilines is 1. The van der Waals surface area contributed by atoms with Crippen molar-refractivity contribution < 1.29 is 9.18 Å². The number of thiophene rings is 1. The lowest BCUT2D eigenvalue weighted by molar-refractivity contribution is -0.113. The summed E-state index contributed by atoms with van der Waals surface area (Å²) in [6, 6.07) is 9.78. The minimum Gasteiger partial charge on any atom is -0.334 e. The van der Waals surface area contributed by atoms with Gasteiger partial charge < -0.3 is 5.32 Å². The summed E-state index contributed by atoms with van der Waals surface area (Å²) in [5.41, 5.74) is 0.697. The molecule has 0 fully saturated rings. The number of nitrogens with zero attached hydrogens (tertiary/aromatic N) is 1. The summed E-state index contributed by atoms with van der Waals surface area (Å²) in [7, 11) is 0. The fourth-order valence-corrected chi connectivity index (χ4v) is 3.18. The fourth-order valence-electron chi connectivity index (χ4n) is 1.62. The second-order valence-corrected chi connectivity index (χ2v) is 5.99. The van der Waals surface area contributed by atoms with Gasteiger partial charge in [-0.25, -0.2) is 4.39 Å². The first-order chi connectivity index (χ1) is 9.70. The number of halogens is 1. The van der Waals surface area contributed by atoms with Gasteiger partial charge in [-0.05, 0) is 53.5 Å². The van der Waals surface area contributed by atoms with E-state index in [0.717, 1.165) is 4.88 Å². The van der Waals surface area contributed by atoms with Gasteiger partial charge in [-0.3, -0.25) is 4.79 Å². The van der Waals surface area contributed by atoms with Crippen molar-refractivity contribution >= 4 is 45.9 Å². The normalized spacial score (nSPS) is 16.6. The predicted octanol–water partition coefficient (Wildman–Crippen LogP) is 3.97. The molecule has 20 heavy (non-hydrogen) atoms. The van der Waals surface area contributed by atoms with Gasteiger partial charge in [0.15, 0.2) is 5.17 Å². The van der Waals surface area contributed by atoms with Crippen LogP contribution in [0.15, 0.2) is 51.7 Å². The molecule has 0 atom stereocenters. The first kappa shape index (κ1) is 13.1. The van der Waals surface area contributed by atoms with Crippen molar-refractivity contribution in [2.24, 2.45) is 4.99 Å². The highest BCUT2D eigenvalue weighted by atomic mass is 32.2. The van der Waals surface area contributed by atoms with E-state index in [1.165, 1.54) is 23.9 Å². The molecule has 100 valence electrons. The number of thioether (sulfide) groups is 1. The molecule has 2 heterocycles. The summed E-state index contributed by atoms with van der Waals surface area (Å²) in [5.74, 6) is -0.557. The summed E-state index contributed by atoms with van der Waals surface area (Å²) in [5, 5.41) is 5.45. The van der Waals surface area contributed by atoms with Crippen LogP contribution in [0.4, 0.5) is 10.1 Å². The van der Waals surface area contributed by atoms with Crippen LogP contribution in [0.2, 0.25) is 0 Å². The Bertz CT molecular complexity index is 690. The summed E-state index contributed by atoms with van der Waals surface area (Å²) in [4.78, 5) is 17.3. The van der Waals surface area contributed by atoms with Crippen molar-refractivity contribution in [1.29, 1.82) is 0 Å². The number of rotatable bonds is 2. The average Bonchev–Trinajstić information content (AvgIpc) is 3.04. The lowest BCUT2D eigenvalue weighted by Crippen LogP contribution is -2.04. The Morgan fingerprint density at radius 3 is 2.70 bits per heavy atom. The first-order valence-corrected chi connectivity index (χ1v) is 7.49. The fraction of sp³-hybridized carbons (Fsp3) is 0. The van der Waals surface area contributed by atoms with E-state index in [-0.39, 0.29) is 11.7 Å². The smallest absolute Gasteiger partial charge is 0.286 e. The van der Waals surface area contributed by atoms with E-state index >= 15 is 0 Å². The van der Waals surface area contributed by atoms with Crippen molar-refractivity contribution in [3.63, 3.8) is 0 Å². The molecule has 0 spiro atoms. The van der Waals surface area contributed by atoms with Crippen LogP contribution in [-0.2, 0) is 4.79 Å². The second kappa shape index (κ2) is 5.60. The molecule has 3 nitrogen and oxygen atoms in total. The number of carbonyl (C=O) groups excluding carboxylic acids is 1. The molecule has 0 bridgehead atoms. The number of aliphatic imine (C=N–C) groups is 1. The minimum atomic E-state index is -0.300. The van der Waals surface area contributed by atoms with Gasteiger partial charge >= 0.3 is 0 Å². The van der Waals surface area contributed by atoms with Crippen molar-refractivity contribution in [3.8, 4) is 0 Å². The molecular weight excluding hydrogens is 295 g/mol. The van der Waals surface area contributed by atoms with Crippen LogP contribution in [-0.4, -0.2) is 11.1 Å². The molecule has 1 aromatic carbocycles. The standard InChI is InChI=1S/C14H9FN2OS2/c15-9-3-5-10(6-4-9)16-14-17-13(18)12(20-14)8-11-2-1-7-19-11/h1-8H,(H,16,17,18)/b12-8-.